The quantitative estimate of drug-likeness (QED) is 0.328. The van der Waals surface area contributed by atoms with E-state index in [-0.39, 0.29) is 18.3 Å². The molecule has 0 amide bonds. The Bertz CT molecular complexity index is 1560. The number of aromatic nitrogens is 4. The number of hydrogen-bond donors (Lipinski definition) is 1. The predicted octanol–water partition coefficient (Wildman–Crippen LogP) is 5.18. The van der Waals surface area contributed by atoms with Gasteiger partial charge in [0, 0.05) is 42.0 Å². The second-order valence-corrected chi connectivity index (χ2v) is 10.1. The molecule has 4 aromatic rings. The number of rotatable bonds is 6. The number of piperidine rings is 1. The zero-order valence-corrected chi connectivity index (χ0v) is 22.1. The lowest BCUT2D eigenvalue weighted by Crippen LogP contribution is -2.38. The van der Waals surface area contributed by atoms with Gasteiger partial charge < -0.3 is 9.72 Å². The van der Waals surface area contributed by atoms with Crippen molar-refractivity contribution in [3.8, 4) is 11.4 Å². The summed E-state index contributed by atoms with van der Waals surface area (Å²) in [7, 11) is 1.28. The van der Waals surface area contributed by atoms with Crippen molar-refractivity contribution in [2.75, 3.05) is 20.2 Å². The van der Waals surface area contributed by atoms with Crippen LogP contribution in [0.3, 0.4) is 0 Å². The predicted molar refractivity (Wildman–Crippen MR) is 141 cm³/mol. The Hall–Kier alpha value is -3.57. The Kier molecular flexibility index (Phi) is 7.30. The van der Waals surface area contributed by atoms with Crippen LogP contribution in [0.25, 0.3) is 22.4 Å². The molecule has 0 unspecified atom stereocenters. The van der Waals surface area contributed by atoms with Crippen LogP contribution in [0.15, 0.2) is 47.3 Å². The molecule has 1 aliphatic rings. The summed E-state index contributed by atoms with van der Waals surface area (Å²) in [6.07, 6.45) is -2.95. The molecule has 0 radical (unpaired) electrons. The van der Waals surface area contributed by atoms with E-state index in [0.29, 0.717) is 28.5 Å². The number of halogens is 4. The van der Waals surface area contributed by atoms with Crippen molar-refractivity contribution in [1.82, 2.24) is 24.0 Å². The molecular weight excluding hydrogens is 535 g/mol. The van der Waals surface area contributed by atoms with Gasteiger partial charge in [0.2, 0.25) is 0 Å². The number of likely N-dealkylation sites (tertiary alicyclic amines) is 1. The van der Waals surface area contributed by atoms with E-state index in [0.717, 1.165) is 55.0 Å². The third-order valence-corrected chi connectivity index (χ3v) is 7.44. The summed E-state index contributed by atoms with van der Waals surface area (Å²) in [5.41, 5.74) is 2.59. The van der Waals surface area contributed by atoms with Gasteiger partial charge in [-0.2, -0.15) is 13.2 Å². The maximum Gasteiger partial charge on any atom is 0.416 e. The first-order valence-electron chi connectivity index (χ1n) is 12.5. The SMILES string of the molecule is COC(=O)Cn1c(=O)n(C2CCN(Cc3nc(-c4ccc(C(F)(F)F)cc4)[nH]c3C)CC2)c2ccc(Cl)cc21. The van der Waals surface area contributed by atoms with E-state index < -0.39 is 17.7 Å². The Morgan fingerprint density at radius 1 is 1.13 bits per heavy atom. The van der Waals surface area contributed by atoms with Gasteiger partial charge in [-0.1, -0.05) is 23.7 Å². The largest absolute Gasteiger partial charge is 0.468 e. The van der Waals surface area contributed by atoms with Crippen LogP contribution in [-0.4, -0.2) is 50.2 Å². The number of nitrogens with zero attached hydrogens (tertiary/aromatic N) is 4. The number of esters is 1. The van der Waals surface area contributed by atoms with Gasteiger partial charge in [0.05, 0.1) is 29.4 Å². The third kappa shape index (κ3) is 5.46. The number of methoxy groups -OCH3 is 1. The minimum atomic E-state index is -4.39. The van der Waals surface area contributed by atoms with Crippen LogP contribution in [0.2, 0.25) is 5.02 Å². The fourth-order valence-corrected chi connectivity index (χ4v) is 5.27. The van der Waals surface area contributed by atoms with Gasteiger partial charge in [-0.3, -0.25) is 18.8 Å². The van der Waals surface area contributed by atoms with Crippen molar-refractivity contribution in [2.45, 2.75) is 45.1 Å². The van der Waals surface area contributed by atoms with Crippen molar-refractivity contribution >= 4 is 28.6 Å². The highest BCUT2D eigenvalue weighted by atomic mass is 35.5. The first kappa shape index (κ1) is 27.0. The minimum absolute atomic E-state index is 0.0562. The molecule has 1 fully saturated rings. The summed E-state index contributed by atoms with van der Waals surface area (Å²) in [4.78, 5) is 35.4. The Balaban J connectivity index is 1.30. The summed E-state index contributed by atoms with van der Waals surface area (Å²) in [5, 5.41) is 0.470. The highest BCUT2D eigenvalue weighted by molar-refractivity contribution is 6.31. The fraction of sp³-hybridized carbons (Fsp3) is 0.370. The van der Waals surface area contributed by atoms with Gasteiger partial charge in [0.25, 0.3) is 0 Å². The van der Waals surface area contributed by atoms with Crippen LogP contribution in [0, 0.1) is 6.92 Å². The standard InChI is InChI=1S/C27H27ClF3N5O3/c1-16-21(33-25(32-16)17-3-5-18(6-4-17)27(29,30)31)14-34-11-9-20(10-12-34)36-22-8-7-19(28)13-23(22)35(26(36)38)15-24(37)39-2/h3-8,13,20H,9-12,14-15H2,1-2H3,(H,32,33). The molecule has 1 saturated heterocycles. The van der Waals surface area contributed by atoms with Gasteiger partial charge in [-0.15, -0.1) is 0 Å². The monoisotopic (exact) mass is 561 g/mol. The second kappa shape index (κ2) is 10.5. The van der Waals surface area contributed by atoms with E-state index in [1.165, 1.54) is 23.8 Å². The van der Waals surface area contributed by atoms with E-state index in [1.807, 2.05) is 6.92 Å². The van der Waals surface area contributed by atoms with Crippen molar-refractivity contribution in [3.63, 3.8) is 0 Å². The first-order chi connectivity index (χ1) is 18.5. The van der Waals surface area contributed by atoms with Crippen LogP contribution in [0.1, 0.15) is 35.8 Å². The van der Waals surface area contributed by atoms with Crippen LogP contribution in [-0.2, 0) is 28.8 Å². The number of alkyl halides is 3. The lowest BCUT2D eigenvalue weighted by Gasteiger charge is -2.32. The first-order valence-corrected chi connectivity index (χ1v) is 12.9. The van der Waals surface area contributed by atoms with E-state index in [9.17, 15) is 22.8 Å². The molecule has 3 heterocycles. The third-order valence-electron chi connectivity index (χ3n) is 7.21. The average molecular weight is 562 g/mol. The van der Waals surface area contributed by atoms with Crippen LogP contribution in [0.5, 0.6) is 0 Å². The Labute approximate surface area is 227 Å². The minimum Gasteiger partial charge on any atom is -0.468 e. The van der Waals surface area contributed by atoms with Gasteiger partial charge >= 0.3 is 17.8 Å². The molecule has 5 rings (SSSR count). The van der Waals surface area contributed by atoms with Gasteiger partial charge in [-0.05, 0) is 50.1 Å². The molecule has 0 bridgehead atoms. The van der Waals surface area contributed by atoms with Crippen LogP contribution >= 0.6 is 11.6 Å². The molecule has 12 heteroatoms. The number of imidazole rings is 2. The zero-order valence-electron chi connectivity index (χ0n) is 21.4. The van der Waals surface area contributed by atoms with E-state index in [4.69, 9.17) is 16.3 Å². The summed E-state index contributed by atoms with van der Waals surface area (Å²) >= 11 is 6.18. The maximum absolute atomic E-state index is 13.4. The van der Waals surface area contributed by atoms with Crippen molar-refractivity contribution in [3.05, 3.63) is 74.9 Å². The van der Waals surface area contributed by atoms with E-state index >= 15 is 0 Å². The number of ether oxygens (including phenoxy) is 1. The van der Waals surface area contributed by atoms with E-state index in [1.54, 1.807) is 22.8 Å². The number of aromatic amines is 1. The van der Waals surface area contributed by atoms with Gasteiger partial charge in [0.15, 0.2) is 0 Å². The number of fused-ring (bicyclic) bond motifs is 1. The molecule has 206 valence electrons. The molecule has 39 heavy (non-hydrogen) atoms. The normalized spacial score (nSPS) is 15.2. The Morgan fingerprint density at radius 3 is 2.46 bits per heavy atom. The number of aryl methyl sites for hydroxylation is 1. The van der Waals surface area contributed by atoms with Crippen molar-refractivity contribution in [1.29, 1.82) is 0 Å². The molecule has 0 aliphatic carbocycles. The average Bonchev–Trinajstić information content (AvgIpc) is 3.40. The summed E-state index contributed by atoms with van der Waals surface area (Å²) in [5.74, 6) is 0.00530. The van der Waals surface area contributed by atoms with Crippen LogP contribution < -0.4 is 5.69 Å². The molecule has 2 aromatic heterocycles. The lowest BCUT2D eigenvalue weighted by molar-refractivity contribution is -0.141. The molecule has 0 spiro atoms. The molecule has 1 aliphatic heterocycles. The fourth-order valence-electron chi connectivity index (χ4n) is 5.10. The number of nitrogens with one attached hydrogen (secondary N) is 1. The zero-order chi connectivity index (χ0) is 27.9. The smallest absolute Gasteiger partial charge is 0.416 e. The summed E-state index contributed by atoms with van der Waals surface area (Å²) in [6.45, 7) is 3.71. The van der Waals surface area contributed by atoms with Crippen molar-refractivity contribution < 1.29 is 22.7 Å². The number of carbonyl (C=O) groups excluding carboxylic acids is 1. The molecule has 1 N–H and O–H groups in total. The number of benzene rings is 2. The topological polar surface area (TPSA) is 85.2 Å². The summed E-state index contributed by atoms with van der Waals surface area (Å²) < 4.78 is 46.6. The molecule has 8 nitrogen and oxygen atoms in total. The number of carbonyl (C=O) groups is 1. The molecule has 0 saturated carbocycles. The van der Waals surface area contributed by atoms with Crippen LogP contribution in [0.4, 0.5) is 13.2 Å². The second-order valence-electron chi connectivity index (χ2n) is 9.69. The van der Waals surface area contributed by atoms with Crippen molar-refractivity contribution in [2.24, 2.45) is 0 Å². The Morgan fingerprint density at radius 2 is 1.82 bits per heavy atom. The highest BCUT2D eigenvalue weighted by Gasteiger charge is 2.30. The molecule has 0 atom stereocenters. The molecular formula is C27H27ClF3N5O3. The molecule has 2 aromatic carbocycles. The maximum atomic E-state index is 13.4. The number of H-pyrrole nitrogens is 1. The lowest BCUT2D eigenvalue weighted by atomic mass is 10.0. The van der Waals surface area contributed by atoms with Gasteiger partial charge in [-0.25, -0.2) is 9.78 Å². The summed E-state index contributed by atoms with van der Waals surface area (Å²) in [6, 6.07) is 10.1. The number of hydrogen-bond acceptors (Lipinski definition) is 5. The highest BCUT2D eigenvalue weighted by Crippen LogP contribution is 2.31. The van der Waals surface area contributed by atoms with Gasteiger partial charge in [0.1, 0.15) is 12.4 Å². The van der Waals surface area contributed by atoms with E-state index in [2.05, 4.69) is 14.9 Å².